The van der Waals surface area contributed by atoms with Gasteiger partial charge in [0, 0.05) is 30.1 Å². The van der Waals surface area contributed by atoms with Gasteiger partial charge in [-0.2, -0.15) is 0 Å². The summed E-state index contributed by atoms with van der Waals surface area (Å²) in [6.45, 7) is 5.02. The van der Waals surface area contributed by atoms with Gasteiger partial charge in [0.2, 0.25) is 0 Å². The van der Waals surface area contributed by atoms with Crippen molar-refractivity contribution < 1.29 is 4.79 Å². The lowest BCUT2D eigenvalue weighted by atomic mass is 9.99. The highest BCUT2D eigenvalue weighted by Gasteiger charge is 2.13. The SMILES string of the molecule is Cc1ccc(C(=O)CCCN2CC=C(c3ccc(Cl)cc3)CC2)cc1. The maximum atomic E-state index is 12.2. The van der Waals surface area contributed by atoms with Gasteiger partial charge < -0.3 is 0 Å². The van der Waals surface area contributed by atoms with Gasteiger partial charge in [-0.3, -0.25) is 9.69 Å². The largest absolute Gasteiger partial charge is 0.299 e. The molecule has 0 unspecified atom stereocenters. The van der Waals surface area contributed by atoms with Crippen molar-refractivity contribution in [2.24, 2.45) is 0 Å². The summed E-state index contributed by atoms with van der Waals surface area (Å²) < 4.78 is 0. The van der Waals surface area contributed by atoms with Crippen LogP contribution in [0.5, 0.6) is 0 Å². The minimum Gasteiger partial charge on any atom is -0.299 e. The molecule has 0 fully saturated rings. The van der Waals surface area contributed by atoms with Gasteiger partial charge in [0.05, 0.1) is 0 Å². The van der Waals surface area contributed by atoms with Gasteiger partial charge in [0.1, 0.15) is 0 Å². The van der Waals surface area contributed by atoms with E-state index >= 15 is 0 Å². The lowest BCUT2D eigenvalue weighted by molar-refractivity contribution is 0.0975. The van der Waals surface area contributed by atoms with E-state index in [4.69, 9.17) is 11.6 Å². The Labute approximate surface area is 155 Å². The lowest BCUT2D eigenvalue weighted by Crippen LogP contribution is -2.29. The van der Waals surface area contributed by atoms with E-state index in [0.717, 1.165) is 43.1 Å². The predicted molar refractivity (Wildman–Crippen MR) is 105 cm³/mol. The van der Waals surface area contributed by atoms with E-state index < -0.39 is 0 Å². The number of halogens is 1. The van der Waals surface area contributed by atoms with Gasteiger partial charge in [-0.15, -0.1) is 0 Å². The van der Waals surface area contributed by atoms with Gasteiger partial charge in [-0.1, -0.05) is 59.6 Å². The minimum absolute atomic E-state index is 0.245. The Hall–Kier alpha value is -1.90. The normalized spacial score (nSPS) is 15.0. The highest BCUT2D eigenvalue weighted by molar-refractivity contribution is 6.30. The average molecular weight is 354 g/mol. The first kappa shape index (κ1) is 17.9. The maximum absolute atomic E-state index is 12.2. The van der Waals surface area contributed by atoms with Crippen molar-refractivity contribution >= 4 is 23.0 Å². The molecule has 0 saturated heterocycles. The molecule has 2 nitrogen and oxygen atoms in total. The molecule has 0 aromatic heterocycles. The summed E-state index contributed by atoms with van der Waals surface area (Å²) in [5.74, 6) is 0.245. The molecule has 0 amide bonds. The van der Waals surface area contributed by atoms with Gasteiger partial charge in [-0.05, 0) is 49.6 Å². The first-order valence-electron chi connectivity index (χ1n) is 8.89. The van der Waals surface area contributed by atoms with Crippen LogP contribution in [0.15, 0.2) is 54.6 Å². The zero-order chi connectivity index (χ0) is 17.6. The fraction of sp³-hybridized carbons (Fsp3) is 0.318. The van der Waals surface area contributed by atoms with Crippen molar-refractivity contribution in [1.82, 2.24) is 4.90 Å². The molecule has 130 valence electrons. The Kier molecular flexibility index (Phi) is 6.06. The van der Waals surface area contributed by atoms with Crippen molar-refractivity contribution in [3.05, 3.63) is 76.3 Å². The van der Waals surface area contributed by atoms with Crippen LogP contribution in [0, 0.1) is 6.92 Å². The van der Waals surface area contributed by atoms with E-state index in [9.17, 15) is 4.79 Å². The molecule has 0 bridgehead atoms. The molecule has 3 rings (SSSR count). The van der Waals surface area contributed by atoms with Crippen LogP contribution in [-0.2, 0) is 0 Å². The Morgan fingerprint density at radius 2 is 1.80 bits per heavy atom. The van der Waals surface area contributed by atoms with Crippen LogP contribution in [0.3, 0.4) is 0 Å². The third kappa shape index (κ3) is 5.04. The number of Topliss-reactive ketones (excluding diaryl/α,β-unsaturated/α-hetero) is 1. The van der Waals surface area contributed by atoms with E-state index in [1.807, 2.05) is 43.3 Å². The molecule has 1 heterocycles. The topological polar surface area (TPSA) is 20.3 Å². The number of benzene rings is 2. The third-order valence-corrected chi connectivity index (χ3v) is 5.01. The van der Waals surface area contributed by atoms with E-state index in [2.05, 4.69) is 23.1 Å². The second-order valence-electron chi connectivity index (χ2n) is 6.68. The molecule has 1 aliphatic rings. The van der Waals surface area contributed by atoms with Gasteiger partial charge in [-0.25, -0.2) is 0 Å². The van der Waals surface area contributed by atoms with Crippen LogP contribution >= 0.6 is 11.6 Å². The average Bonchev–Trinajstić information content (AvgIpc) is 2.63. The smallest absolute Gasteiger partial charge is 0.162 e. The summed E-state index contributed by atoms with van der Waals surface area (Å²) in [4.78, 5) is 14.6. The Bertz CT molecular complexity index is 747. The zero-order valence-corrected chi connectivity index (χ0v) is 15.4. The van der Waals surface area contributed by atoms with E-state index in [1.165, 1.54) is 16.7 Å². The summed E-state index contributed by atoms with van der Waals surface area (Å²) >= 11 is 5.95. The Morgan fingerprint density at radius 3 is 2.44 bits per heavy atom. The maximum Gasteiger partial charge on any atom is 0.162 e. The van der Waals surface area contributed by atoms with Gasteiger partial charge in [0.25, 0.3) is 0 Å². The fourth-order valence-corrected chi connectivity index (χ4v) is 3.31. The highest BCUT2D eigenvalue weighted by Crippen LogP contribution is 2.24. The third-order valence-electron chi connectivity index (χ3n) is 4.76. The minimum atomic E-state index is 0.245. The predicted octanol–water partition coefficient (Wildman–Crippen LogP) is 5.40. The molecular formula is C22H24ClNO. The van der Waals surface area contributed by atoms with Crippen molar-refractivity contribution in [1.29, 1.82) is 0 Å². The number of aryl methyl sites for hydroxylation is 1. The second-order valence-corrected chi connectivity index (χ2v) is 7.12. The summed E-state index contributed by atoms with van der Waals surface area (Å²) in [6.07, 6.45) is 4.88. The Morgan fingerprint density at radius 1 is 1.08 bits per heavy atom. The standard InChI is InChI=1S/C22H24ClNO/c1-17-4-6-20(7-5-17)22(25)3-2-14-24-15-12-19(13-16-24)18-8-10-21(23)11-9-18/h4-12H,2-3,13-16H2,1H3. The van der Waals surface area contributed by atoms with E-state index in [-0.39, 0.29) is 5.78 Å². The van der Waals surface area contributed by atoms with Gasteiger partial charge >= 0.3 is 0 Å². The summed E-state index contributed by atoms with van der Waals surface area (Å²) in [7, 11) is 0. The van der Waals surface area contributed by atoms with Crippen LogP contribution in [-0.4, -0.2) is 30.3 Å². The van der Waals surface area contributed by atoms with E-state index in [1.54, 1.807) is 0 Å². The Balaban J connectivity index is 1.45. The number of rotatable bonds is 6. The van der Waals surface area contributed by atoms with Crippen molar-refractivity contribution in [3.8, 4) is 0 Å². The quantitative estimate of drug-likeness (QED) is 0.648. The van der Waals surface area contributed by atoms with Crippen LogP contribution in [0.4, 0.5) is 0 Å². The summed E-state index contributed by atoms with van der Waals surface area (Å²) in [5.41, 5.74) is 4.67. The number of carbonyl (C=O) groups is 1. The first-order chi connectivity index (χ1) is 12.1. The number of hydrogen-bond acceptors (Lipinski definition) is 2. The number of hydrogen-bond donors (Lipinski definition) is 0. The number of carbonyl (C=O) groups excluding carboxylic acids is 1. The van der Waals surface area contributed by atoms with Crippen LogP contribution < -0.4 is 0 Å². The molecule has 1 aliphatic heterocycles. The van der Waals surface area contributed by atoms with Crippen molar-refractivity contribution in [2.75, 3.05) is 19.6 Å². The monoisotopic (exact) mass is 353 g/mol. The lowest BCUT2D eigenvalue weighted by Gasteiger charge is -2.26. The molecule has 2 aromatic rings. The second kappa shape index (κ2) is 8.46. The first-order valence-corrected chi connectivity index (χ1v) is 9.27. The molecule has 0 saturated carbocycles. The molecule has 0 N–H and O–H groups in total. The van der Waals surface area contributed by atoms with Crippen LogP contribution in [0.25, 0.3) is 5.57 Å². The van der Waals surface area contributed by atoms with Crippen molar-refractivity contribution in [3.63, 3.8) is 0 Å². The summed E-state index contributed by atoms with van der Waals surface area (Å²) in [5, 5.41) is 0.778. The fourth-order valence-electron chi connectivity index (χ4n) is 3.19. The molecule has 0 spiro atoms. The van der Waals surface area contributed by atoms with Crippen LogP contribution in [0.1, 0.15) is 40.7 Å². The number of nitrogens with zero attached hydrogens (tertiary/aromatic N) is 1. The highest BCUT2D eigenvalue weighted by atomic mass is 35.5. The van der Waals surface area contributed by atoms with Crippen LogP contribution in [0.2, 0.25) is 5.02 Å². The molecule has 2 aromatic carbocycles. The summed E-state index contributed by atoms with van der Waals surface area (Å²) in [6, 6.07) is 15.9. The van der Waals surface area contributed by atoms with E-state index in [0.29, 0.717) is 6.42 Å². The molecule has 0 radical (unpaired) electrons. The zero-order valence-electron chi connectivity index (χ0n) is 14.7. The molecule has 25 heavy (non-hydrogen) atoms. The molecule has 0 atom stereocenters. The number of ketones is 1. The van der Waals surface area contributed by atoms with Crippen molar-refractivity contribution in [2.45, 2.75) is 26.2 Å². The molecular weight excluding hydrogens is 330 g/mol. The van der Waals surface area contributed by atoms with Gasteiger partial charge in [0.15, 0.2) is 5.78 Å². The molecule has 0 aliphatic carbocycles. The molecule has 3 heteroatoms.